The van der Waals surface area contributed by atoms with Gasteiger partial charge in [0.1, 0.15) is 5.75 Å². The third-order valence-electron chi connectivity index (χ3n) is 6.66. The fraction of sp³-hybridized carbons (Fsp3) is 0.682. The molecule has 0 bridgehead atoms. The lowest BCUT2D eigenvalue weighted by atomic mass is 9.99. The zero-order valence-electron chi connectivity index (χ0n) is 16.3. The highest BCUT2D eigenvalue weighted by molar-refractivity contribution is 5.77. The van der Waals surface area contributed by atoms with E-state index in [1.807, 2.05) is 23.1 Å². The average molecular weight is 373 g/mol. The molecule has 3 fully saturated rings. The molecule has 5 nitrogen and oxygen atoms in total. The lowest BCUT2D eigenvalue weighted by Gasteiger charge is -2.30. The molecule has 4 rings (SSSR count). The van der Waals surface area contributed by atoms with Crippen LogP contribution in [0.15, 0.2) is 24.3 Å². The van der Waals surface area contributed by atoms with Crippen LogP contribution < -0.4 is 4.74 Å². The summed E-state index contributed by atoms with van der Waals surface area (Å²) >= 11 is 0. The predicted molar refractivity (Wildman–Crippen MR) is 104 cm³/mol. The Bertz CT molecular complexity index is 643. The first kappa shape index (κ1) is 18.8. The number of hydrogen-bond donors (Lipinski definition) is 1. The number of rotatable bonds is 5. The molecule has 1 aliphatic carbocycles. The molecule has 2 saturated heterocycles. The fourth-order valence-corrected chi connectivity index (χ4v) is 5.00. The van der Waals surface area contributed by atoms with Gasteiger partial charge in [0.05, 0.1) is 6.10 Å². The molecular formula is C22H32N2O3. The topological polar surface area (TPSA) is 53.0 Å². The van der Waals surface area contributed by atoms with Crippen LogP contribution in [0.3, 0.4) is 0 Å². The smallest absolute Gasteiger partial charge is 0.260 e. The van der Waals surface area contributed by atoms with Gasteiger partial charge in [-0.1, -0.05) is 25.1 Å². The molecule has 0 radical (unpaired) electrons. The number of aliphatic hydroxyl groups excluding tert-OH is 1. The minimum Gasteiger partial charge on any atom is -0.483 e. The van der Waals surface area contributed by atoms with Gasteiger partial charge in [0.15, 0.2) is 6.61 Å². The van der Waals surface area contributed by atoms with E-state index in [-0.39, 0.29) is 18.6 Å². The zero-order valence-corrected chi connectivity index (χ0v) is 16.3. The maximum Gasteiger partial charge on any atom is 0.260 e. The van der Waals surface area contributed by atoms with Gasteiger partial charge in [-0.25, -0.2) is 0 Å². The second-order valence-corrected chi connectivity index (χ2v) is 8.80. The Morgan fingerprint density at radius 3 is 2.52 bits per heavy atom. The molecular weight excluding hydrogens is 340 g/mol. The fourth-order valence-electron chi connectivity index (χ4n) is 5.00. The van der Waals surface area contributed by atoms with Gasteiger partial charge in [-0.3, -0.25) is 9.69 Å². The van der Waals surface area contributed by atoms with E-state index >= 15 is 0 Å². The van der Waals surface area contributed by atoms with Gasteiger partial charge in [0, 0.05) is 38.3 Å². The van der Waals surface area contributed by atoms with Crippen molar-refractivity contribution >= 4 is 5.91 Å². The van der Waals surface area contributed by atoms with Crippen molar-refractivity contribution < 1.29 is 14.6 Å². The summed E-state index contributed by atoms with van der Waals surface area (Å²) in [7, 11) is 0. The molecule has 5 heteroatoms. The molecule has 3 atom stereocenters. The van der Waals surface area contributed by atoms with Crippen LogP contribution in [0.1, 0.15) is 38.2 Å². The largest absolute Gasteiger partial charge is 0.483 e. The number of piperidine rings is 1. The first-order chi connectivity index (χ1) is 13.1. The number of aliphatic hydroxyl groups is 1. The number of ether oxygens (including phenoxy) is 1. The second-order valence-electron chi connectivity index (χ2n) is 8.80. The number of likely N-dealkylation sites (tertiary alicyclic amines) is 2. The SMILES string of the molecule is CC1CCN(C(=O)COc2ccccc2CN2C[C@H]3CC(O)C[C@H]3C2)CC1. The van der Waals surface area contributed by atoms with Gasteiger partial charge in [-0.2, -0.15) is 0 Å². The lowest BCUT2D eigenvalue weighted by Crippen LogP contribution is -2.40. The number of hydrogen-bond acceptors (Lipinski definition) is 4. The van der Waals surface area contributed by atoms with Crippen molar-refractivity contribution in [3.05, 3.63) is 29.8 Å². The van der Waals surface area contributed by atoms with Crippen LogP contribution in [0.5, 0.6) is 5.75 Å². The molecule has 1 N–H and O–H groups in total. The van der Waals surface area contributed by atoms with Crippen molar-refractivity contribution in [2.24, 2.45) is 17.8 Å². The van der Waals surface area contributed by atoms with Gasteiger partial charge in [-0.15, -0.1) is 0 Å². The van der Waals surface area contributed by atoms with Crippen LogP contribution in [0, 0.1) is 17.8 Å². The molecule has 1 aromatic rings. The van der Waals surface area contributed by atoms with Crippen LogP contribution in [0.2, 0.25) is 0 Å². The Balaban J connectivity index is 1.31. The number of amides is 1. The zero-order chi connectivity index (χ0) is 18.8. The van der Waals surface area contributed by atoms with E-state index in [4.69, 9.17) is 4.74 Å². The Labute approximate surface area is 162 Å². The molecule has 2 heterocycles. The molecule has 0 aromatic heterocycles. The third-order valence-corrected chi connectivity index (χ3v) is 6.66. The maximum atomic E-state index is 12.5. The summed E-state index contributed by atoms with van der Waals surface area (Å²) in [5.74, 6) is 2.92. The minimum absolute atomic E-state index is 0.0958. The van der Waals surface area contributed by atoms with E-state index < -0.39 is 0 Å². The Kier molecular flexibility index (Phi) is 5.69. The summed E-state index contributed by atoms with van der Waals surface area (Å²) in [5.41, 5.74) is 1.15. The number of carbonyl (C=O) groups excluding carboxylic acids is 1. The first-order valence-electron chi connectivity index (χ1n) is 10.5. The third kappa shape index (κ3) is 4.46. The number of para-hydroxylation sites is 1. The van der Waals surface area contributed by atoms with E-state index in [0.717, 1.165) is 75.6 Å². The van der Waals surface area contributed by atoms with Gasteiger partial charge in [0.2, 0.25) is 0 Å². The molecule has 3 aliphatic rings. The first-order valence-corrected chi connectivity index (χ1v) is 10.5. The quantitative estimate of drug-likeness (QED) is 0.863. The molecule has 1 amide bonds. The van der Waals surface area contributed by atoms with Crippen LogP contribution >= 0.6 is 0 Å². The van der Waals surface area contributed by atoms with Crippen molar-refractivity contribution in [2.45, 2.75) is 45.3 Å². The van der Waals surface area contributed by atoms with E-state index in [0.29, 0.717) is 11.8 Å². The van der Waals surface area contributed by atoms with Crippen LogP contribution in [0.4, 0.5) is 0 Å². The number of nitrogens with zero attached hydrogens (tertiary/aromatic N) is 2. The summed E-state index contributed by atoms with van der Waals surface area (Å²) in [6.45, 7) is 7.06. The van der Waals surface area contributed by atoms with Gasteiger partial charge < -0.3 is 14.7 Å². The Hall–Kier alpha value is -1.59. The molecule has 1 aromatic carbocycles. The Morgan fingerprint density at radius 1 is 1.15 bits per heavy atom. The van der Waals surface area contributed by atoms with E-state index in [2.05, 4.69) is 17.9 Å². The number of carbonyl (C=O) groups is 1. The summed E-state index contributed by atoms with van der Waals surface area (Å²) in [6.07, 6.45) is 3.98. The highest BCUT2D eigenvalue weighted by Gasteiger charge is 2.40. The van der Waals surface area contributed by atoms with E-state index in [1.165, 1.54) is 0 Å². The molecule has 1 saturated carbocycles. The van der Waals surface area contributed by atoms with Crippen molar-refractivity contribution in [3.63, 3.8) is 0 Å². The normalized spacial score (nSPS) is 29.1. The predicted octanol–water partition coefficient (Wildman–Crippen LogP) is 2.53. The molecule has 0 spiro atoms. The summed E-state index contributed by atoms with van der Waals surface area (Å²) in [4.78, 5) is 16.9. The minimum atomic E-state index is -0.0958. The second kappa shape index (κ2) is 8.19. The van der Waals surface area contributed by atoms with Gasteiger partial charge >= 0.3 is 0 Å². The van der Waals surface area contributed by atoms with E-state index in [9.17, 15) is 9.90 Å². The molecule has 148 valence electrons. The van der Waals surface area contributed by atoms with Gasteiger partial charge in [-0.05, 0) is 49.5 Å². The van der Waals surface area contributed by atoms with Crippen molar-refractivity contribution in [1.82, 2.24) is 9.80 Å². The summed E-state index contributed by atoms with van der Waals surface area (Å²) in [6, 6.07) is 8.09. The van der Waals surface area contributed by atoms with Crippen molar-refractivity contribution in [2.75, 3.05) is 32.8 Å². The summed E-state index contributed by atoms with van der Waals surface area (Å²) < 4.78 is 5.94. The standard InChI is InChI=1S/C22H32N2O3/c1-16-6-8-24(9-7-16)22(26)15-27-21-5-3-2-4-17(21)12-23-13-18-10-20(25)11-19(18)14-23/h2-5,16,18-20,25H,6-15H2,1H3/t18-,19+,20?. The van der Waals surface area contributed by atoms with Crippen LogP contribution in [0.25, 0.3) is 0 Å². The highest BCUT2D eigenvalue weighted by atomic mass is 16.5. The Morgan fingerprint density at radius 2 is 1.81 bits per heavy atom. The van der Waals surface area contributed by atoms with Crippen molar-refractivity contribution in [1.29, 1.82) is 0 Å². The van der Waals surface area contributed by atoms with E-state index in [1.54, 1.807) is 0 Å². The van der Waals surface area contributed by atoms with Crippen molar-refractivity contribution in [3.8, 4) is 5.75 Å². The lowest BCUT2D eigenvalue weighted by molar-refractivity contribution is -0.134. The summed E-state index contributed by atoms with van der Waals surface area (Å²) in [5, 5.41) is 9.82. The molecule has 2 aliphatic heterocycles. The highest BCUT2D eigenvalue weighted by Crippen LogP contribution is 2.39. The maximum absolute atomic E-state index is 12.5. The number of fused-ring (bicyclic) bond motifs is 1. The molecule has 1 unspecified atom stereocenters. The van der Waals surface area contributed by atoms with Crippen LogP contribution in [-0.4, -0.2) is 59.7 Å². The monoisotopic (exact) mass is 372 g/mol. The number of benzene rings is 1. The van der Waals surface area contributed by atoms with Gasteiger partial charge in [0.25, 0.3) is 5.91 Å². The molecule has 27 heavy (non-hydrogen) atoms. The van der Waals surface area contributed by atoms with Crippen LogP contribution in [-0.2, 0) is 11.3 Å². The average Bonchev–Trinajstić information content (AvgIpc) is 3.18.